The summed E-state index contributed by atoms with van der Waals surface area (Å²) in [5, 5.41) is 4.19. The van der Waals surface area contributed by atoms with Gasteiger partial charge in [-0.25, -0.2) is 0 Å². The Hall–Kier alpha value is -3.57. The van der Waals surface area contributed by atoms with Crippen LogP contribution < -0.4 is 15.0 Å². The van der Waals surface area contributed by atoms with Crippen LogP contribution in [0.3, 0.4) is 0 Å². The van der Waals surface area contributed by atoms with Crippen LogP contribution >= 0.6 is 11.6 Å². The molecule has 5 nitrogen and oxygen atoms in total. The molecule has 1 aliphatic heterocycles. The maximum absolute atomic E-state index is 13.8. The monoisotopic (exact) mass is 472 g/mol. The van der Waals surface area contributed by atoms with Gasteiger partial charge in [-0.2, -0.15) is 0 Å². The van der Waals surface area contributed by atoms with Gasteiger partial charge in [-0.15, -0.1) is 0 Å². The van der Waals surface area contributed by atoms with Gasteiger partial charge in [0, 0.05) is 29.6 Å². The van der Waals surface area contributed by atoms with Gasteiger partial charge in [0.2, 0.25) is 5.91 Å². The van der Waals surface area contributed by atoms with Gasteiger partial charge in [0.1, 0.15) is 5.75 Å². The minimum atomic E-state index is -0.558. The van der Waals surface area contributed by atoms with Gasteiger partial charge < -0.3 is 10.1 Å². The zero-order valence-electron chi connectivity index (χ0n) is 19.0. The van der Waals surface area contributed by atoms with Crippen LogP contribution in [0.15, 0.2) is 84.1 Å². The standard InChI is InChI=1S/C28H25ClN2O3/c1-17(32)31-25-9-4-3-8-23(25)30-24-15-20(18-10-12-21(29)13-11-18)16-26(33)27(24)28(31)19-6-5-7-22(14-19)34-2/h3-14,20,28,30H,15-16H2,1-2H3/t20-,28-/m0/s1. The van der Waals surface area contributed by atoms with Crippen molar-refractivity contribution in [3.63, 3.8) is 0 Å². The van der Waals surface area contributed by atoms with Crippen LogP contribution in [0.4, 0.5) is 11.4 Å². The van der Waals surface area contributed by atoms with Crippen LogP contribution in [0.2, 0.25) is 5.02 Å². The average Bonchev–Trinajstić information content (AvgIpc) is 2.99. The van der Waals surface area contributed by atoms with Crippen molar-refractivity contribution in [3.8, 4) is 5.75 Å². The summed E-state index contributed by atoms with van der Waals surface area (Å²) in [5.74, 6) is 0.595. The van der Waals surface area contributed by atoms with Crippen LogP contribution in [0, 0.1) is 0 Å². The van der Waals surface area contributed by atoms with Crippen molar-refractivity contribution in [3.05, 3.63) is 100 Å². The molecule has 1 heterocycles. The van der Waals surface area contributed by atoms with Gasteiger partial charge in [-0.3, -0.25) is 14.5 Å². The number of ether oxygens (including phenoxy) is 1. The number of hydrogen-bond donors (Lipinski definition) is 1. The topological polar surface area (TPSA) is 58.6 Å². The Morgan fingerprint density at radius 3 is 2.50 bits per heavy atom. The number of amides is 1. The van der Waals surface area contributed by atoms with Crippen molar-refractivity contribution in [1.29, 1.82) is 0 Å². The van der Waals surface area contributed by atoms with Crippen LogP contribution in [0.5, 0.6) is 5.75 Å². The van der Waals surface area contributed by atoms with E-state index in [-0.39, 0.29) is 17.6 Å². The van der Waals surface area contributed by atoms with Crippen molar-refractivity contribution >= 4 is 34.7 Å². The first-order valence-electron chi connectivity index (χ1n) is 11.3. The summed E-state index contributed by atoms with van der Waals surface area (Å²) in [6.45, 7) is 1.54. The first kappa shape index (κ1) is 22.2. The number of rotatable bonds is 3. The van der Waals surface area contributed by atoms with Crippen molar-refractivity contribution in [1.82, 2.24) is 0 Å². The summed E-state index contributed by atoms with van der Waals surface area (Å²) in [5.41, 5.74) is 4.93. The molecule has 2 aliphatic rings. The Bertz CT molecular complexity index is 1300. The highest BCUT2D eigenvalue weighted by atomic mass is 35.5. The Morgan fingerprint density at radius 1 is 1.00 bits per heavy atom. The number of ketones is 1. The minimum absolute atomic E-state index is 0.0259. The molecule has 172 valence electrons. The number of anilines is 2. The number of carbonyl (C=O) groups is 2. The maximum atomic E-state index is 13.8. The molecule has 6 heteroatoms. The average molecular weight is 473 g/mol. The zero-order valence-corrected chi connectivity index (χ0v) is 19.8. The number of methoxy groups -OCH3 is 1. The van der Waals surface area contributed by atoms with Crippen LogP contribution in [-0.2, 0) is 9.59 Å². The van der Waals surface area contributed by atoms with Gasteiger partial charge in [-0.05, 0) is 59.9 Å². The number of allylic oxidation sites excluding steroid dienone is 1. The lowest BCUT2D eigenvalue weighted by Gasteiger charge is -2.34. The fourth-order valence-corrected chi connectivity index (χ4v) is 5.16. The molecule has 1 aliphatic carbocycles. The predicted molar refractivity (Wildman–Crippen MR) is 134 cm³/mol. The van der Waals surface area contributed by atoms with E-state index in [1.165, 1.54) is 0 Å². The molecule has 1 amide bonds. The second-order valence-corrected chi connectivity index (χ2v) is 9.12. The van der Waals surface area contributed by atoms with Crippen molar-refractivity contribution in [2.24, 2.45) is 0 Å². The maximum Gasteiger partial charge on any atom is 0.224 e. The van der Waals surface area contributed by atoms with E-state index in [2.05, 4.69) is 5.32 Å². The smallest absolute Gasteiger partial charge is 0.224 e. The van der Waals surface area contributed by atoms with E-state index in [0.717, 1.165) is 28.2 Å². The second kappa shape index (κ2) is 8.99. The largest absolute Gasteiger partial charge is 0.497 e. The van der Waals surface area contributed by atoms with Crippen LogP contribution in [0.1, 0.15) is 42.9 Å². The third-order valence-electron chi connectivity index (χ3n) is 6.58. The van der Waals surface area contributed by atoms with Gasteiger partial charge in [0.15, 0.2) is 5.78 Å². The molecule has 0 fully saturated rings. The SMILES string of the molecule is COc1cccc([C@H]2C3=C(C[C@H](c4ccc(Cl)cc4)CC3=O)Nc3ccccc3N2C(C)=O)c1. The van der Waals surface area contributed by atoms with Crippen LogP contribution in [-0.4, -0.2) is 18.8 Å². The fraction of sp³-hybridized carbons (Fsp3) is 0.214. The molecule has 0 aromatic heterocycles. The number of nitrogens with one attached hydrogen (secondary N) is 1. The van der Waals surface area contributed by atoms with Crippen molar-refractivity contribution < 1.29 is 14.3 Å². The number of para-hydroxylation sites is 2. The van der Waals surface area contributed by atoms with E-state index in [4.69, 9.17) is 16.3 Å². The number of halogens is 1. The summed E-state index contributed by atoms with van der Waals surface area (Å²) in [6.07, 6.45) is 1.02. The Morgan fingerprint density at radius 2 is 1.76 bits per heavy atom. The van der Waals surface area contributed by atoms with E-state index >= 15 is 0 Å². The lowest BCUT2D eigenvalue weighted by atomic mass is 9.78. The molecule has 3 aromatic rings. The molecule has 0 spiro atoms. The Labute approximate surface area is 204 Å². The molecule has 34 heavy (non-hydrogen) atoms. The highest BCUT2D eigenvalue weighted by Crippen LogP contribution is 2.47. The lowest BCUT2D eigenvalue weighted by molar-refractivity contribution is -0.117. The van der Waals surface area contributed by atoms with Gasteiger partial charge in [0.05, 0.1) is 24.5 Å². The molecule has 0 radical (unpaired) electrons. The molecule has 5 rings (SSSR count). The number of benzene rings is 3. The molecule has 0 saturated heterocycles. The number of carbonyl (C=O) groups excluding carboxylic acids is 2. The third kappa shape index (κ3) is 3.97. The normalized spacial score (nSPS) is 19.6. The number of hydrogen-bond acceptors (Lipinski definition) is 4. The summed E-state index contributed by atoms with van der Waals surface area (Å²) >= 11 is 6.09. The van der Waals surface area contributed by atoms with Crippen LogP contribution in [0.25, 0.3) is 0 Å². The first-order chi connectivity index (χ1) is 16.5. The lowest BCUT2D eigenvalue weighted by Crippen LogP contribution is -2.37. The predicted octanol–water partition coefficient (Wildman–Crippen LogP) is 6.27. The van der Waals surface area contributed by atoms with Gasteiger partial charge >= 0.3 is 0 Å². The summed E-state index contributed by atoms with van der Waals surface area (Å²) in [7, 11) is 1.61. The fourth-order valence-electron chi connectivity index (χ4n) is 5.04. The third-order valence-corrected chi connectivity index (χ3v) is 6.83. The van der Waals surface area contributed by atoms with Gasteiger partial charge in [0.25, 0.3) is 0 Å². The molecule has 1 N–H and O–H groups in total. The summed E-state index contributed by atoms with van der Waals surface area (Å²) in [6, 6.07) is 22.4. The molecular weight excluding hydrogens is 448 g/mol. The molecular formula is C28H25ClN2O3. The molecule has 0 bridgehead atoms. The molecule has 3 aromatic carbocycles. The van der Waals surface area contributed by atoms with E-state index in [1.54, 1.807) is 18.9 Å². The molecule has 0 saturated carbocycles. The molecule has 2 atom stereocenters. The van der Waals surface area contributed by atoms with E-state index in [9.17, 15) is 9.59 Å². The first-order valence-corrected chi connectivity index (χ1v) is 11.7. The van der Waals surface area contributed by atoms with Gasteiger partial charge in [-0.1, -0.05) is 48.0 Å². The Balaban J connectivity index is 1.70. The van der Waals surface area contributed by atoms with E-state index in [0.29, 0.717) is 29.2 Å². The second-order valence-electron chi connectivity index (χ2n) is 8.68. The van der Waals surface area contributed by atoms with Crippen molar-refractivity contribution in [2.45, 2.75) is 31.7 Å². The van der Waals surface area contributed by atoms with E-state index < -0.39 is 6.04 Å². The number of Topliss-reactive ketones (excluding diaryl/α,β-unsaturated/α-hetero) is 1. The number of nitrogens with zero attached hydrogens (tertiary/aromatic N) is 1. The molecule has 0 unspecified atom stereocenters. The highest BCUT2D eigenvalue weighted by molar-refractivity contribution is 6.30. The quantitative estimate of drug-likeness (QED) is 0.488. The zero-order chi connectivity index (χ0) is 23.8. The van der Waals surface area contributed by atoms with Crippen molar-refractivity contribution in [2.75, 3.05) is 17.3 Å². The summed E-state index contributed by atoms with van der Waals surface area (Å²) in [4.78, 5) is 28.6. The Kier molecular flexibility index (Phi) is 5.88. The van der Waals surface area contributed by atoms with E-state index in [1.807, 2.05) is 72.8 Å². The minimum Gasteiger partial charge on any atom is -0.497 e. The number of fused-ring (bicyclic) bond motifs is 1. The highest BCUT2D eigenvalue weighted by Gasteiger charge is 2.40. The summed E-state index contributed by atoms with van der Waals surface area (Å²) < 4.78 is 5.46.